The van der Waals surface area contributed by atoms with Crippen LogP contribution in [0.1, 0.15) is 16.3 Å². The molecule has 0 spiro atoms. The van der Waals surface area contributed by atoms with Crippen molar-refractivity contribution in [1.82, 2.24) is 34.8 Å². The Morgan fingerprint density at radius 3 is 2.57 bits per heavy atom. The maximum absolute atomic E-state index is 12.3. The second kappa shape index (κ2) is 8.48. The molecule has 150 valence electrons. The Morgan fingerprint density at radius 1 is 1.03 bits per heavy atom. The largest absolute Gasteiger partial charge is 0.349 e. The zero-order chi connectivity index (χ0) is 20.9. The zero-order valence-corrected chi connectivity index (χ0v) is 16.3. The van der Waals surface area contributed by atoms with Gasteiger partial charge in [0.15, 0.2) is 11.5 Å². The SMILES string of the molecule is Cc1nccn1-c1ccc(C(=O)NCCn2nc(-c3ccccc3)ccc2=O)nn1. The van der Waals surface area contributed by atoms with Crippen molar-refractivity contribution in [3.8, 4) is 17.1 Å². The molecule has 0 radical (unpaired) electrons. The standard InChI is InChI=1S/C21H19N7O2/c1-15-22-11-13-27(15)19-9-7-18(24-25-19)21(30)23-12-14-28-20(29)10-8-17(26-28)16-5-3-2-4-6-16/h2-11,13H,12,14H2,1H3,(H,23,30). The van der Waals surface area contributed by atoms with Crippen molar-refractivity contribution in [3.63, 3.8) is 0 Å². The van der Waals surface area contributed by atoms with E-state index in [-0.39, 0.29) is 30.2 Å². The number of carbonyl (C=O) groups excluding carboxylic acids is 1. The third kappa shape index (κ3) is 4.14. The molecular formula is C21H19N7O2. The van der Waals surface area contributed by atoms with Gasteiger partial charge in [-0.2, -0.15) is 5.10 Å². The van der Waals surface area contributed by atoms with Crippen LogP contribution in [0.3, 0.4) is 0 Å². The van der Waals surface area contributed by atoms with Gasteiger partial charge in [0.2, 0.25) is 0 Å². The number of rotatable bonds is 6. The van der Waals surface area contributed by atoms with Crippen LogP contribution in [0, 0.1) is 6.92 Å². The van der Waals surface area contributed by atoms with E-state index in [2.05, 4.69) is 25.6 Å². The summed E-state index contributed by atoms with van der Waals surface area (Å²) in [4.78, 5) is 28.6. The van der Waals surface area contributed by atoms with Crippen molar-refractivity contribution >= 4 is 5.91 Å². The summed E-state index contributed by atoms with van der Waals surface area (Å²) < 4.78 is 3.10. The lowest BCUT2D eigenvalue weighted by Gasteiger charge is -2.08. The molecule has 0 aliphatic carbocycles. The average molecular weight is 401 g/mol. The first-order valence-electron chi connectivity index (χ1n) is 9.38. The van der Waals surface area contributed by atoms with E-state index in [1.54, 1.807) is 35.2 Å². The van der Waals surface area contributed by atoms with Gasteiger partial charge in [-0.3, -0.25) is 14.2 Å². The maximum Gasteiger partial charge on any atom is 0.271 e. The van der Waals surface area contributed by atoms with Crippen LogP contribution in [-0.2, 0) is 6.54 Å². The molecule has 0 saturated heterocycles. The number of nitrogens with one attached hydrogen (secondary N) is 1. The minimum absolute atomic E-state index is 0.190. The normalized spacial score (nSPS) is 10.7. The molecule has 1 amide bonds. The minimum atomic E-state index is -0.372. The molecule has 0 fully saturated rings. The maximum atomic E-state index is 12.3. The fourth-order valence-electron chi connectivity index (χ4n) is 2.93. The molecule has 30 heavy (non-hydrogen) atoms. The van der Waals surface area contributed by atoms with E-state index in [1.165, 1.54) is 10.7 Å². The van der Waals surface area contributed by atoms with Gasteiger partial charge in [-0.1, -0.05) is 30.3 Å². The van der Waals surface area contributed by atoms with Crippen LogP contribution < -0.4 is 10.9 Å². The van der Waals surface area contributed by atoms with E-state index in [1.807, 2.05) is 37.3 Å². The first kappa shape index (κ1) is 19.2. The topological polar surface area (TPSA) is 108 Å². The molecule has 0 unspecified atom stereocenters. The van der Waals surface area contributed by atoms with Gasteiger partial charge in [0, 0.05) is 30.6 Å². The van der Waals surface area contributed by atoms with Crippen LogP contribution in [0.2, 0.25) is 0 Å². The van der Waals surface area contributed by atoms with Crippen LogP contribution in [0.4, 0.5) is 0 Å². The van der Waals surface area contributed by atoms with Gasteiger partial charge in [-0.25, -0.2) is 9.67 Å². The van der Waals surface area contributed by atoms with Crippen LogP contribution >= 0.6 is 0 Å². The van der Waals surface area contributed by atoms with E-state index >= 15 is 0 Å². The summed E-state index contributed by atoms with van der Waals surface area (Å²) in [5.41, 5.74) is 1.56. The fourth-order valence-corrected chi connectivity index (χ4v) is 2.93. The summed E-state index contributed by atoms with van der Waals surface area (Å²) in [5, 5.41) is 15.2. The molecule has 9 nitrogen and oxygen atoms in total. The molecule has 9 heteroatoms. The highest BCUT2D eigenvalue weighted by Gasteiger charge is 2.10. The van der Waals surface area contributed by atoms with Crippen molar-refractivity contribution in [2.45, 2.75) is 13.5 Å². The van der Waals surface area contributed by atoms with E-state index in [0.717, 1.165) is 11.4 Å². The number of carbonyl (C=O) groups is 1. The van der Waals surface area contributed by atoms with E-state index in [4.69, 9.17) is 0 Å². The van der Waals surface area contributed by atoms with Crippen LogP contribution in [0.5, 0.6) is 0 Å². The first-order valence-corrected chi connectivity index (χ1v) is 9.38. The lowest BCUT2D eigenvalue weighted by Crippen LogP contribution is -2.32. The summed E-state index contributed by atoms with van der Waals surface area (Å²) in [5.74, 6) is 0.982. The van der Waals surface area contributed by atoms with Crippen molar-refractivity contribution in [3.05, 3.63) is 88.9 Å². The fraction of sp³-hybridized carbons (Fsp3) is 0.143. The molecule has 4 aromatic rings. The second-order valence-corrected chi connectivity index (χ2v) is 6.52. The average Bonchev–Trinajstić information content (AvgIpc) is 3.21. The molecule has 0 bridgehead atoms. The monoisotopic (exact) mass is 401 g/mol. The Balaban J connectivity index is 1.39. The van der Waals surface area contributed by atoms with Gasteiger partial charge >= 0.3 is 0 Å². The van der Waals surface area contributed by atoms with Crippen molar-refractivity contribution < 1.29 is 4.79 Å². The molecule has 1 aromatic carbocycles. The van der Waals surface area contributed by atoms with Gasteiger partial charge in [0.1, 0.15) is 5.82 Å². The van der Waals surface area contributed by atoms with Crippen LogP contribution in [0.25, 0.3) is 17.1 Å². The lowest BCUT2D eigenvalue weighted by atomic mass is 10.1. The third-order valence-corrected chi connectivity index (χ3v) is 4.50. The van der Waals surface area contributed by atoms with Crippen molar-refractivity contribution in [1.29, 1.82) is 0 Å². The number of aromatic nitrogens is 6. The molecule has 0 aliphatic rings. The van der Waals surface area contributed by atoms with E-state index < -0.39 is 0 Å². The minimum Gasteiger partial charge on any atom is -0.349 e. The van der Waals surface area contributed by atoms with Gasteiger partial charge in [-0.05, 0) is 25.1 Å². The first-order chi connectivity index (χ1) is 14.6. The summed E-state index contributed by atoms with van der Waals surface area (Å²) in [6.07, 6.45) is 3.44. The van der Waals surface area contributed by atoms with Crippen LogP contribution in [-0.4, -0.2) is 42.0 Å². The zero-order valence-electron chi connectivity index (χ0n) is 16.3. The highest BCUT2D eigenvalue weighted by molar-refractivity contribution is 5.92. The number of nitrogens with zero attached hydrogens (tertiary/aromatic N) is 6. The molecule has 3 heterocycles. The third-order valence-electron chi connectivity index (χ3n) is 4.50. The molecule has 3 aromatic heterocycles. The molecule has 0 saturated carbocycles. The highest BCUT2D eigenvalue weighted by Crippen LogP contribution is 2.13. The van der Waals surface area contributed by atoms with Gasteiger partial charge < -0.3 is 5.32 Å². The Morgan fingerprint density at radius 2 is 1.87 bits per heavy atom. The predicted molar refractivity (Wildman–Crippen MR) is 110 cm³/mol. The summed E-state index contributed by atoms with van der Waals surface area (Å²) >= 11 is 0. The quantitative estimate of drug-likeness (QED) is 0.526. The predicted octanol–water partition coefficient (Wildman–Crippen LogP) is 1.62. The number of imidazole rings is 1. The summed E-state index contributed by atoms with van der Waals surface area (Å²) in [6, 6.07) is 16.0. The van der Waals surface area contributed by atoms with Gasteiger partial charge in [0.25, 0.3) is 11.5 Å². The number of benzene rings is 1. The smallest absolute Gasteiger partial charge is 0.271 e. The number of hydrogen-bond donors (Lipinski definition) is 1. The summed E-state index contributed by atoms with van der Waals surface area (Å²) in [7, 11) is 0. The Labute approximate surface area is 172 Å². The van der Waals surface area contributed by atoms with Crippen molar-refractivity contribution in [2.75, 3.05) is 6.54 Å². The molecule has 4 rings (SSSR count). The molecule has 0 aliphatic heterocycles. The number of aryl methyl sites for hydroxylation is 1. The second-order valence-electron chi connectivity index (χ2n) is 6.52. The van der Waals surface area contributed by atoms with E-state index in [9.17, 15) is 9.59 Å². The Bertz CT molecular complexity index is 1210. The molecular weight excluding hydrogens is 382 g/mol. The Hall–Kier alpha value is -4.14. The van der Waals surface area contributed by atoms with Gasteiger partial charge in [0.05, 0.1) is 12.2 Å². The Kier molecular flexibility index (Phi) is 5.42. The number of amides is 1. The lowest BCUT2D eigenvalue weighted by molar-refractivity contribution is 0.0945. The van der Waals surface area contributed by atoms with E-state index in [0.29, 0.717) is 11.5 Å². The van der Waals surface area contributed by atoms with Crippen LogP contribution in [0.15, 0.2) is 71.8 Å². The summed E-state index contributed by atoms with van der Waals surface area (Å²) in [6.45, 7) is 2.32. The van der Waals surface area contributed by atoms with Gasteiger partial charge in [-0.15, -0.1) is 10.2 Å². The van der Waals surface area contributed by atoms with Crippen molar-refractivity contribution in [2.24, 2.45) is 0 Å². The highest BCUT2D eigenvalue weighted by atomic mass is 16.2. The number of hydrogen-bond acceptors (Lipinski definition) is 6. The molecule has 1 N–H and O–H groups in total. The molecule has 0 atom stereocenters.